The highest BCUT2D eigenvalue weighted by Gasteiger charge is 2.26. The van der Waals surface area contributed by atoms with Gasteiger partial charge in [0.1, 0.15) is 0 Å². The van der Waals surface area contributed by atoms with Crippen molar-refractivity contribution >= 4 is 5.78 Å². The smallest absolute Gasteiger partial charge is 0.160 e. The summed E-state index contributed by atoms with van der Waals surface area (Å²) in [6.45, 7) is 12.2. The van der Waals surface area contributed by atoms with Crippen LogP contribution in [0, 0.1) is 23.7 Å². The van der Waals surface area contributed by atoms with Crippen molar-refractivity contribution in [2.75, 3.05) is 0 Å². The summed E-state index contributed by atoms with van der Waals surface area (Å²) in [5, 5.41) is 10.1. The summed E-state index contributed by atoms with van der Waals surface area (Å²) in [6, 6.07) is 0. The third kappa shape index (κ3) is 7.31. The molecule has 0 aromatic carbocycles. The first-order valence-corrected chi connectivity index (χ1v) is 7.32. The molecular weight excluding hydrogens is 236 g/mol. The zero-order valence-corrected chi connectivity index (χ0v) is 13.3. The lowest BCUT2D eigenvalue weighted by Gasteiger charge is -2.26. The molecule has 0 aliphatic rings. The molecule has 110 valence electrons. The van der Waals surface area contributed by atoms with Gasteiger partial charge in [0, 0.05) is 5.92 Å². The van der Waals surface area contributed by atoms with Crippen LogP contribution in [0.5, 0.6) is 0 Å². The maximum absolute atomic E-state index is 11.9. The van der Waals surface area contributed by atoms with Crippen LogP contribution >= 0.6 is 0 Å². The van der Waals surface area contributed by atoms with Crippen LogP contribution in [0.2, 0.25) is 0 Å². The molecule has 0 saturated carbocycles. The monoisotopic (exact) mass is 266 g/mol. The third-order valence-corrected chi connectivity index (χ3v) is 3.63. The molecule has 0 fully saturated rings. The van der Waals surface area contributed by atoms with Crippen molar-refractivity contribution in [3.05, 3.63) is 24.3 Å². The number of hydrogen-bond acceptors (Lipinski definition) is 2. The van der Waals surface area contributed by atoms with Crippen LogP contribution in [0.3, 0.4) is 0 Å². The molecule has 0 aliphatic heterocycles. The molecular formula is C17H30O2. The minimum absolute atomic E-state index is 0.0120. The largest absolute Gasteiger partial charge is 0.392 e. The van der Waals surface area contributed by atoms with Gasteiger partial charge in [-0.25, -0.2) is 0 Å². The predicted molar refractivity (Wildman–Crippen MR) is 81.9 cm³/mol. The summed E-state index contributed by atoms with van der Waals surface area (Å²) in [4.78, 5) is 11.9. The molecule has 0 saturated heterocycles. The topological polar surface area (TPSA) is 37.3 Å². The van der Waals surface area contributed by atoms with Crippen LogP contribution in [0.1, 0.15) is 48.0 Å². The van der Waals surface area contributed by atoms with Crippen molar-refractivity contribution in [1.82, 2.24) is 0 Å². The highest BCUT2D eigenvalue weighted by atomic mass is 16.3. The average Bonchev–Trinajstić information content (AvgIpc) is 2.34. The summed E-state index contributed by atoms with van der Waals surface area (Å²) < 4.78 is 0. The van der Waals surface area contributed by atoms with Crippen molar-refractivity contribution < 1.29 is 9.90 Å². The van der Waals surface area contributed by atoms with E-state index in [-0.39, 0.29) is 17.6 Å². The Morgan fingerprint density at radius 1 is 1.05 bits per heavy atom. The van der Waals surface area contributed by atoms with Crippen LogP contribution in [0.25, 0.3) is 0 Å². The van der Waals surface area contributed by atoms with Gasteiger partial charge in [0.25, 0.3) is 0 Å². The Balaban J connectivity index is 4.30. The number of aliphatic hydroxyl groups is 1. The van der Waals surface area contributed by atoms with Gasteiger partial charge in [-0.2, -0.15) is 0 Å². The summed E-state index contributed by atoms with van der Waals surface area (Å²) in [6.07, 6.45) is 7.85. The fourth-order valence-electron chi connectivity index (χ4n) is 1.78. The average molecular weight is 266 g/mol. The Labute approximate surface area is 118 Å². The first-order chi connectivity index (χ1) is 8.77. The van der Waals surface area contributed by atoms with Gasteiger partial charge in [-0.3, -0.25) is 4.79 Å². The molecule has 0 spiro atoms. The second-order valence-electron chi connectivity index (χ2n) is 6.10. The lowest BCUT2D eigenvalue weighted by Crippen LogP contribution is -2.33. The lowest BCUT2D eigenvalue weighted by atomic mass is 9.84. The third-order valence-electron chi connectivity index (χ3n) is 3.63. The Morgan fingerprint density at radius 2 is 1.63 bits per heavy atom. The van der Waals surface area contributed by atoms with Crippen LogP contribution in [-0.4, -0.2) is 17.0 Å². The van der Waals surface area contributed by atoms with Gasteiger partial charge in [0.05, 0.1) is 6.10 Å². The molecule has 0 rings (SSSR count). The van der Waals surface area contributed by atoms with Crippen molar-refractivity contribution in [3.63, 3.8) is 0 Å². The van der Waals surface area contributed by atoms with Gasteiger partial charge in [-0.1, -0.05) is 59.8 Å². The van der Waals surface area contributed by atoms with E-state index in [0.29, 0.717) is 11.8 Å². The molecule has 0 aromatic rings. The Hall–Kier alpha value is -0.890. The Morgan fingerprint density at radius 3 is 2.11 bits per heavy atom. The molecule has 19 heavy (non-hydrogen) atoms. The maximum Gasteiger partial charge on any atom is 0.160 e. The minimum atomic E-state index is -0.566. The van der Waals surface area contributed by atoms with Crippen LogP contribution in [0.4, 0.5) is 0 Å². The SMILES string of the molecule is CC(C)/C=C/C/C=C/C(=O)C(C)C(O)C(C)C(C)C. The minimum Gasteiger partial charge on any atom is -0.392 e. The number of aliphatic hydroxyl groups excluding tert-OH is 1. The normalized spacial score (nSPS) is 17.5. The van der Waals surface area contributed by atoms with Gasteiger partial charge in [0.15, 0.2) is 5.78 Å². The standard InChI is InChI=1S/C17H30O2/c1-12(2)10-8-7-9-11-16(18)15(6)17(19)14(5)13(3)4/h8-15,17,19H,7H2,1-6H3/b10-8+,11-9+. The van der Waals surface area contributed by atoms with Crippen LogP contribution in [-0.2, 0) is 4.79 Å². The van der Waals surface area contributed by atoms with Gasteiger partial charge < -0.3 is 5.11 Å². The number of allylic oxidation sites excluding steroid dienone is 4. The van der Waals surface area contributed by atoms with E-state index in [1.165, 1.54) is 0 Å². The van der Waals surface area contributed by atoms with E-state index in [0.717, 1.165) is 6.42 Å². The van der Waals surface area contributed by atoms with E-state index < -0.39 is 6.10 Å². The molecule has 0 radical (unpaired) electrons. The van der Waals surface area contributed by atoms with E-state index >= 15 is 0 Å². The van der Waals surface area contributed by atoms with Crippen molar-refractivity contribution in [2.24, 2.45) is 23.7 Å². The highest BCUT2D eigenvalue weighted by molar-refractivity contribution is 5.91. The first-order valence-electron chi connectivity index (χ1n) is 7.32. The zero-order valence-electron chi connectivity index (χ0n) is 13.3. The maximum atomic E-state index is 11.9. The van der Waals surface area contributed by atoms with E-state index in [9.17, 15) is 9.90 Å². The van der Waals surface area contributed by atoms with Crippen LogP contribution in [0.15, 0.2) is 24.3 Å². The van der Waals surface area contributed by atoms with Crippen molar-refractivity contribution in [3.8, 4) is 0 Å². The van der Waals surface area contributed by atoms with Gasteiger partial charge in [-0.05, 0) is 30.3 Å². The molecule has 1 N–H and O–H groups in total. The summed E-state index contributed by atoms with van der Waals surface area (Å²) in [5.74, 6) is 0.730. The van der Waals surface area contributed by atoms with Gasteiger partial charge in [0.2, 0.25) is 0 Å². The summed E-state index contributed by atoms with van der Waals surface area (Å²) in [5.41, 5.74) is 0. The van der Waals surface area contributed by atoms with Crippen molar-refractivity contribution in [1.29, 1.82) is 0 Å². The Kier molecular flexibility index (Phi) is 8.66. The van der Waals surface area contributed by atoms with E-state index in [4.69, 9.17) is 0 Å². The zero-order chi connectivity index (χ0) is 15.0. The molecule has 0 amide bonds. The molecule has 0 heterocycles. The first kappa shape index (κ1) is 18.1. The molecule has 3 unspecified atom stereocenters. The molecule has 0 aromatic heterocycles. The number of carbonyl (C=O) groups is 1. The quantitative estimate of drug-likeness (QED) is 0.532. The fraction of sp³-hybridized carbons (Fsp3) is 0.706. The summed E-state index contributed by atoms with van der Waals surface area (Å²) in [7, 11) is 0. The number of ketones is 1. The molecule has 0 aliphatic carbocycles. The van der Waals surface area contributed by atoms with Gasteiger partial charge >= 0.3 is 0 Å². The number of hydrogen-bond donors (Lipinski definition) is 1. The van der Waals surface area contributed by atoms with E-state index in [1.54, 1.807) is 13.0 Å². The molecule has 0 bridgehead atoms. The second-order valence-corrected chi connectivity index (χ2v) is 6.10. The summed E-state index contributed by atoms with van der Waals surface area (Å²) >= 11 is 0. The fourth-order valence-corrected chi connectivity index (χ4v) is 1.78. The van der Waals surface area contributed by atoms with Crippen molar-refractivity contribution in [2.45, 2.75) is 54.1 Å². The lowest BCUT2D eigenvalue weighted by molar-refractivity contribution is -0.122. The molecule has 3 atom stereocenters. The second kappa shape index (κ2) is 9.08. The number of carbonyl (C=O) groups excluding carboxylic acids is 1. The molecule has 2 nitrogen and oxygen atoms in total. The molecule has 2 heteroatoms. The predicted octanol–water partition coefficient (Wildman–Crippen LogP) is 4.00. The van der Waals surface area contributed by atoms with Gasteiger partial charge in [-0.15, -0.1) is 0 Å². The van der Waals surface area contributed by atoms with E-state index in [1.807, 2.05) is 13.0 Å². The number of rotatable bonds is 8. The van der Waals surface area contributed by atoms with Crippen LogP contribution < -0.4 is 0 Å². The van der Waals surface area contributed by atoms with E-state index in [2.05, 4.69) is 39.8 Å². The Bertz CT molecular complexity index is 313. The highest BCUT2D eigenvalue weighted by Crippen LogP contribution is 2.21.